The summed E-state index contributed by atoms with van der Waals surface area (Å²) in [5.74, 6) is 0.0221. The molecule has 0 radical (unpaired) electrons. The quantitative estimate of drug-likeness (QED) is 0.455. The van der Waals surface area contributed by atoms with Crippen LogP contribution in [0.15, 0.2) is 72.0 Å². The molecule has 32 heavy (non-hydrogen) atoms. The third-order valence-electron chi connectivity index (χ3n) is 5.33. The van der Waals surface area contributed by atoms with Crippen LogP contribution < -0.4 is 9.64 Å². The minimum atomic E-state index is -0.302. The second-order valence-corrected chi connectivity index (χ2v) is 8.21. The molecule has 2 amide bonds. The van der Waals surface area contributed by atoms with Crippen molar-refractivity contribution < 1.29 is 14.3 Å². The highest BCUT2D eigenvalue weighted by Crippen LogP contribution is 2.37. The molecule has 0 aliphatic carbocycles. The number of anilines is 1. The Labute approximate surface area is 191 Å². The van der Waals surface area contributed by atoms with Crippen LogP contribution in [0.25, 0.3) is 5.57 Å². The fourth-order valence-electron chi connectivity index (χ4n) is 3.81. The molecule has 0 atom stereocenters. The van der Waals surface area contributed by atoms with Crippen LogP contribution >= 0.6 is 11.3 Å². The zero-order valence-corrected chi connectivity index (χ0v) is 19.0. The Hall–Kier alpha value is -3.45. The van der Waals surface area contributed by atoms with Gasteiger partial charge in [0.05, 0.1) is 17.9 Å². The zero-order valence-electron chi connectivity index (χ0n) is 18.2. The summed E-state index contributed by atoms with van der Waals surface area (Å²) in [7, 11) is 0. The number of imide groups is 1. The van der Waals surface area contributed by atoms with Gasteiger partial charge in [-0.1, -0.05) is 12.1 Å². The number of thiophene rings is 1. The first-order valence-electron chi connectivity index (χ1n) is 10.7. The Balaban J connectivity index is 1.71. The number of likely N-dealkylation sites (N-methyl/N-ethyl adjacent to an activating group) is 1. The van der Waals surface area contributed by atoms with Gasteiger partial charge in [0.2, 0.25) is 0 Å². The number of aromatic nitrogens is 1. The van der Waals surface area contributed by atoms with Crippen molar-refractivity contribution in [3.63, 3.8) is 0 Å². The largest absolute Gasteiger partial charge is 0.494 e. The lowest BCUT2D eigenvalue weighted by Gasteiger charge is -2.24. The first-order chi connectivity index (χ1) is 15.6. The molecule has 0 saturated carbocycles. The fraction of sp³-hybridized carbons (Fsp3) is 0.240. The van der Waals surface area contributed by atoms with Gasteiger partial charge < -0.3 is 9.64 Å². The van der Waals surface area contributed by atoms with Crippen molar-refractivity contribution in [2.24, 2.45) is 0 Å². The third-order valence-corrected chi connectivity index (χ3v) is 6.22. The maximum absolute atomic E-state index is 13.7. The highest BCUT2D eigenvalue weighted by Gasteiger charge is 2.42. The molecule has 0 fully saturated rings. The van der Waals surface area contributed by atoms with E-state index in [4.69, 9.17) is 4.74 Å². The monoisotopic (exact) mass is 447 g/mol. The van der Waals surface area contributed by atoms with Crippen molar-refractivity contribution in [2.45, 2.75) is 20.3 Å². The van der Waals surface area contributed by atoms with Crippen molar-refractivity contribution in [1.82, 2.24) is 9.88 Å². The highest BCUT2D eigenvalue weighted by atomic mass is 32.1. The van der Waals surface area contributed by atoms with E-state index in [0.717, 1.165) is 16.9 Å². The SMILES string of the molecule is CCOc1cccc(N2C(=O)C(c3cccs3)=C(N(CC)CCc3ccncc3)C2=O)c1. The normalized spacial score (nSPS) is 13.8. The summed E-state index contributed by atoms with van der Waals surface area (Å²) in [6.07, 6.45) is 4.28. The average Bonchev–Trinajstić information content (AvgIpc) is 3.42. The molecule has 0 spiro atoms. The fourth-order valence-corrected chi connectivity index (χ4v) is 4.57. The van der Waals surface area contributed by atoms with Crippen LogP contribution in [0.2, 0.25) is 0 Å². The second kappa shape index (κ2) is 9.78. The van der Waals surface area contributed by atoms with Gasteiger partial charge in [-0.15, -0.1) is 11.3 Å². The van der Waals surface area contributed by atoms with Crippen LogP contribution in [-0.2, 0) is 16.0 Å². The molecule has 4 rings (SSSR count). The first-order valence-corrected chi connectivity index (χ1v) is 11.6. The van der Waals surface area contributed by atoms with Gasteiger partial charge in [-0.2, -0.15) is 0 Å². The van der Waals surface area contributed by atoms with Crippen molar-refractivity contribution in [3.05, 3.63) is 82.4 Å². The number of rotatable bonds is 9. The van der Waals surface area contributed by atoms with Gasteiger partial charge in [0.15, 0.2) is 0 Å². The molecular formula is C25H25N3O3S. The molecule has 0 N–H and O–H groups in total. The van der Waals surface area contributed by atoms with E-state index in [0.29, 0.717) is 42.4 Å². The van der Waals surface area contributed by atoms with Crippen molar-refractivity contribution in [2.75, 3.05) is 24.6 Å². The van der Waals surface area contributed by atoms with E-state index in [-0.39, 0.29) is 11.8 Å². The average molecular weight is 448 g/mol. The summed E-state index contributed by atoms with van der Waals surface area (Å²) >= 11 is 1.46. The molecule has 7 heteroatoms. The van der Waals surface area contributed by atoms with E-state index in [2.05, 4.69) is 4.98 Å². The van der Waals surface area contributed by atoms with Gasteiger partial charge in [0, 0.05) is 36.4 Å². The molecule has 1 aromatic carbocycles. The molecule has 0 unspecified atom stereocenters. The first kappa shape index (κ1) is 21.8. The minimum Gasteiger partial charge on any atom is -0.494 e. The smallest absolute Gasteiger partial charge is 0.282 e. The standard InChI is InChI=1S/C25H25N3O3S/c1-3-27(15-12-18-10-13-26-14-11-18)23-22(21-9-6-16-32-21)24(29)28(25(23)30)19-7-5-8-20(17-19)31-4-2/h5-11,13-14,16-17H,3-4,12,15H2,1-2H3. The Morgan fingerprint density at radius 2 is 1.84 bits per heavy atom. The number of amides is 2. The Kier molecular flexibility index (Phi) is 6.66. The Bertz CT molecular complexity index is 1130. The number of ether oxygens (including phenoxy) is 1. The van der Waals surface area contributed by atoms with E-state index in [1.54, 1.807) is 30.6 Å². The van der Waals surface area contributed by atoms with E-state index < -0.39 is 0 Å². The molecule has 2 aromatic heterocycles. The lowest BCUT2D eigenvalue weighted by molar-refractivity contribution is -0.120. The number of carbonyl (C=O) groups is 2. The number of hydrogen-bond donors (Lipinski definition) is 0. The van der Waals surface area contributed by atoms with Crippen LogP contribution in [0.4, 0.5) is 5.69 Å². The van der Waals surface area contributed by atoms with Gasteiger partial charge >= 0.3 is 0 Å². The van der Waals surface area contributed by atoms with E-state index in [9.17, 15) is 9.59 Å². The van der Waals surface area contributed by atoms with Gasteiger partial charge in [-0.3, -0.25) is 14.6 Å². The Morgan fingerprint density at radius 3 is 2.53 bits per heavy atom. The van der Waals surface area contributed by atoms with Gasteiger partial charge in [-0.25, -0.2) is 4.90 Å². The summed E-state index contributed by atoms with van der Waals surface area (Å²) in [4.78, 5) is 35.4. The van der Waals surface area contributed by atoms with E-state index in [1.807, 2.05) is 54.5 Å². The molecule has 1 aliphatic rings. The maximum Gasteiger partial charge on any atom is 0.282 e. The topological polar surface area (TPSA) is 62.7 Å². The second-order valence-electron chi connectivity index (χ2n) is 7.26. The lowest BCUT2D eigenvalue weighted by Crippen LogP contribution is -2.36. The minimum absolute atomic E-state index is 0.302. The van der Waals surface area contributed by atoms with Gasteiger partial charge in [0.1, 0.15) is 11.4 Å². The molecule has 0 bridgehead atoms. The zero-order chi connectivity index (χ0) is 22.5. The van der Waals surface area contributed by atoms with Crippen LogP contribution in [-0.4, -0.2) is 41.4 Å². The lowest BCUT2D eigenvalue weighted by atomic mass is 10.1. The summed E-state index contributed by atoms with van der Waals surface area (Å²) < 4.78 is 5.58. The summed E-state index contributed by atoms with van der Waals surface area (Å²) in [6, 6.07) is 14.8. The number of hydrogen-bond acceptors (Lipinski definition) is 6. The van der Waals surface area contributed by atoms with Crippen LogP contribution in [0.1, 0.15) is 24.3 Å². The van der Waals surface area contributed by atoms with Crippen molar-refractivity contribution >= 4 is 34.4 Å². The molecular weight excluding hydrogens is 422 g/mol. The molecule has 3 aromatic rings. The summed E-state index contributed by atoms with van der Waals surface area (Å²) in [5.41, 5.74) is 2.56. The van der Waals surface area contributed by atoms with Gasteiger partial charge in [-0.05, 0) is 61.5 Å². The van der Waals surface area contributed by atoms with E-state index in [1.165, 1.54) is 16.2 Å². The van der Waals surface area contributed by atoms with Crippen molar-refractivity contribution in [1.29, 1.82) is 0 Å². The molecule has 3 heterocycles. The van der Waals surface area contributed by atoms with Crippen LogP contribution in [0.3, 0.4) is 0 Å². The summed E-state index contributed by atoms with van der Waals surface area (Å²) in [6.45, 7) is 5.64. The summed E-state index contributed by atoms with van der Waals surface area (Å²) in [5, 5.41) is 1.92. The number of carbonyl (C=O) groups excluding carboxylic acids is 2. The Morgan fingerprint density at radius 1 is 1.03 bits per heavy atom. The van der Waals surface area contributed by atoms with Crippen LogP contribution in [0, 0.1) is 0 Å². The van der Waals surface area contributed by atoms with E-state index >= 15 is 0 Å². The maximum atomic E-state index is 13.7. The highest BCUT2D eigenvalue weighted by molar-refractivity contribution is 7.11. The van der Waals surface area contributed by atoms with Crippen molar-refractivity contribution in [3.8, 4) is 5.75 Å². The predicted molar refractivity (Wildman–Crippen MR) is 127 cm³/mol. The molecule has 164 valence electrons. The molecule has 6 nitrogen and oxygen atoms in total. The third kappa shape index (κ3) is 4.29. The number of nitrogens with zero attached hydrogens (tertiary/aromatic N) is 3. The van der Waals surface area contributed by atoms with Crippen LogP contribution in [0.5, 0.6) is 5.75 Å². The number of pyridine rings is 1. The number of benzene rings is 1. The molecule has 0 saturated heterocycles. The molecule has 1 aliphatic heterocycles. The van der Waals surface area contributed by atoms with Gasteiger partial charge in [0.25, 0.3) is 11.8 Å². The predicted octanol–water partition coefficient (Wildman–Crippen LogP) is 4.39.